The molecule has 4 rings (SSSR count). The van der Waals surface area contributed by atoms with Gasteiger partial charge in [-0.1, -0.05) is 54.1 Å². The number of benzene rings is 2. The predicted octanol–water partition coefficient (Wildman–Crippen LogP) is 4.54. The summed E-state index contributed by atoms with van der Waals surface area (Å²) in [6.45, 7) is 1.95. The average molecular weight is 377 g/mol. The maximum absolute atomic E-state index is 12.7. The zero-order valence-corrected chi connectivity index (χ0v) is 15.4. The number of hydrogen-bond donors (Lipinski definition) is 1. The lowest BCUT2D eigenvalue weighted by Crippen LogP contribution is -2.27. The maximum atomic E-state index is 12.7. The summed E-state index contributed by atoms with van der Waals surface area (Å²) in [5.74, 6) is -0.230. The molecule has 0 saturated heterocycles. The summed E-state index contributed by atoms with van der Waals surface area (Å²) in [5.41, 5.74) is 3.71. The van der Waals surface area contributed by atoms with E-state index < -0.39 is 0 Å². The van der Waals surface area contributed by atoms with Crippen LogP contribution in [-0.4, -0.2) is 20.5 Å². The number of hydrogen-bond acceptors (Lipinski definition) is 3. The molecule has 27 heavy (non-hydrogen) atoms. The first kappa shape index (κ1) is 17.2. The lowest BCUT2D eigenvalue weighted by atomic mass is 10.1. The van der Waals surface area contributed by atoms with Gasteiger partial charge in [0.25, 0.3) is 5.91 Å². The van der Waals surface area contributed by atoms with Gasteiger partial charge in [0.05, 0.1) is 12.2 Å². The molecule has 1 amide bonds. The molecule has 1 N–H and O–H groups in total. The van der Waals surface area contributed by atoms with Crippen molar-refractivity contribution in [3.05, 3.63) is 89.3 Å². The molecule has 0 saturated carbocycles. The normalized spacial score (nSPS) is 12.1. The van der Waals surface area contributed by atoms with E-state index in [2.05, 4.69) is 15.4 Å². The Kier molecular flexibility index (Phi) is 4.60. The molecule has 2 aromatic heterocycles. The van der Waals surface area contributed by atoms with Gasteiger partial charge in [0, 0.05) is 16.8 Å². The van der Waals surface area contributed by atoms with Crippen LogP contribution in [0.1, 0.15) is 29.0 Å². The highest BCUT2D eigenvalue weighted by Gasteiger charge is 2.15. The summed E-state index contributed by atoms with van der Waals surface area (Å²) in [5, 5.41) is 7.94. The summed E-state index contributed by atoms with van der Waals surface area (Å²) in [6.07, 6.45) is 3.46. The molecule has 0 fully saturated rings. The van der Waals surface area contributed by atoms with Gasteiger partial charge in [0.1, 0.15) is 5.69 Å². The second-order valence-corrected chi connectivity index (χ2v) is 6.69. The fourth-order valence-electron chi connectivity index (χ4n) is 2.95. The van der Waals surface area contributed by atoms with Gasteiger partial charge in [-0.15, -0.1) is 0 Å². The molecule has 6 heteroatoms. The third-order valence-electron chi connectivity index (χ3n) is 4.38. The van der Waals surface area contributed by atoms with E-state index in [1.54, 1.807) is 23.0 Å². The van der Waals surface area contributed by atoms with E-state index in [4.69, 9.17) is 11.6 Å². The molecule has 1 atom stereocenters. The molecule has 2 aromatic carbocycles. The van der Waals surface area contributed by atoms with Crippen LogP contribution in [0.15, 0.2) is 73.1 Å². The van der Waals surface area contributed by atoms with Crippen LogP contribution in [0.5, 0.6) is 0 Å². The molecule has 0 unspecified atom stereocenters. The number of fused-ring (bicyclic) bond motifs is 1. The van der Waals surface area contributed by atoms with E-state index in [1.807, 2.05) is 61.5 Å². The van der Waals surface area contributed by atoms with Crippen LogP contribution in [-0.2, 0) is 0 Å². The van der Waals surface area contributed by atoms with Crippen LogP contribution in [0.25, 0.3) is 16.8 Å². The lowest BCUT2D eigenvalue weighted by Gasteiger charge is -2.14. The minimum absolute atomic E-state index is 0.117. The highest BCUT2D eigenvalue weighted by molar-refractivity contribution is 6.30. The number of rotatable bonds is 4. The van der Waals surface area contributed by atoms with E-state index in [1.165, 1.54) is 0 Å². The third kappa shape index (κ3) is 3.55. The average Bonchev–Trinajstić information content (AvgIpc) is 3.12. The largest absolute Gasteiger partial charge is 0.344 e. The number of aromatic nitrogens is 3. The van der Waals surface area contributed by atoms with Crippen molar-refractivity contribution in [1.82, 2.24) is 19.9 Å². The van der Waals surface area contributed by atoms with Crippen LogP contribution < -0.4 is 5.32 Å². The van der Waals surface area contributed by atoms with Crippen molar-refractivity contribution in [3.63, 3.8) is 0 Å². The topological polar surface area (TPSA) is 59.3 Å². The maximum Gasteiger partial charge on any atom is 0.270 e. The van der Waals surface area contributed by atoms with Crippen molar-refractivity contribution in [2.24, 2.45) is 0 Å². The van der Waals surface area contributed by atoms with E-state index in [9.17, 15) is 4.79 Å². The van der Waals surface area contributed by atoms with Gasteiger partial charge < -0.3 is 5.32 Å². The Labute approximate surface area is 161 Å². The number of carbonyl (C=O) groups excluding carboxylic acids is 1. The molecule has 0 aliphatic rings. The van der Waals surface area contributed by atoms with Gasteiger partial charge in [-0.05, 0) is 36.2 Å². The van der Waals surface area contributed by atoms with E-state index in [0.717, 1.165) is 16.7 Å². The fourth-order valence-corrected chi connectivity index (χ4v) is 3.14. The van der Waals surface area contributed by atoms with Crippen molar-refractivity contribution < 1.29 is 4.79 Å². The number of nitrogens with one attached hydrogen (secondary N) is 1. The van der Waals surface area contributed by atoms with Crippen molar-refractivity contribution >= 4 is 23.2 Å². The first-order valence-corrected chi connectivity index (χ1v) is 8.96. The molecule has 5 nitrogen and oxygen atoms in total. The highest BCUT2D eigenvalue weighted by atomic mass is 35.5. The van der Waals surface area contributed by atoms with Gasteiger partial charge in [0.2, 0.25) is 0 Å². The standard InChI is InChI=1S/C21H17ClN4O/c1-14(15-6-3-2-4-7-15)24-21(27)19-10-11-26-20(25-19)18(13-23-26)16-8-5-9-17(22)12-16/h2-14H,1H3,(H,24,27)/t14-/m1/s1. The summed E-state index contributed by atoms with van der Waals surface area (Å²) in [6, 6.07) is 18.8. The van der Waals surface area contributed by atoms with Crippen LogP contribution >= 0.6 is 11.6 Å². The van der Waals surface area contributed by atoms with Gasteiger partial charge in [0.15, 0.2) is 5.65 Å². The van der Waals surface area contributed by atoms with Gasteiger partial charge in [-0.2, -0.15) is 5.10 Å². The Bertz CT molecular complexity index is 1110. The third-order valence-corrected chi connectivity index (χ3v) is 4.62. The Balaban J connectivity index is 1.65. The Morgan fingerprint density at radius 2 is 1.93 bits per heavy atom. The van der Waals surface area contributed by atoms with Crippen LogP contribution in [0.3, 0.4) is 0 Å². The molecule has 134 valence electrons. The Morgan fingerprint density at radius 3 is 2.70 bits per heavy atom. The number of amides is 1. The zero-order valence-electron chi connectivity index (χ0n) is 14.6. The molecule has 0 aliphatic carbocycles. The molecule has 0 radical (unpaired) electrons. The quantitative estimate of drug-likeness (QED) is 0.568. The van der Waals surface area contributed by atoms with Gasteiger partial charge in [-0.3, -0.25) is 4.79 Å². The first-order valence-electron chi connectivity index (χ1n) is 8.58. The SMILES string of the molecule is C[C@@H](NC(=O)c1ccn2ncc(-c3cccc(Cl)c3)c2n1)c1ccccc1. The molecule has 0 aliphatic heterocycles. The second-order valence-electron chi connectivity index (χ2n) is 6.26. The van der Waals surface area contributed by atoms with Crippen LogP contribution in [0.2, 0.25) is 5.02 Å². The number of halogens is 1. The van der Waals surface area contributed by atoms with E-state index in [-0.39, 0.29) is 11.9 Å². The van der Waals surface area contributed by atoms with Gasteiger partial charge >= 0.3 is 0 Å². The predicted molar refractivity (Wildman–Crippen MR) is 106 cm³/mol. The number of carbonyl (C=O) groups is 1. The second kappa shape index (κ2) is 7.21. The molecular formula is C21H17ClN4O. The van der Waals surface area contributed by atoms with Gasteiger partial charge in [-0.25, -0.2) is 9.50 Å². The minimum Gasteiger partial charge on any atom is -0.344 e. The number of nitrogens with zero attached hydrogens (tertiary/aromatic N) is 3. The fraction of sp³-hybridized carbons (Fsp3) is 0.0952. The molecule has 2 heterocycles. The smallest absolute Gasteiger partial charge is 0.270 e. The lowest BCUT2D eigenvalue weighted by molar-refractivity contribution is 0.0935. The van der Waals surface area contributed by atoms with Crippen LogP contribution in [0.4, 0.5) is 0 Å². The summed E-state index contributed by atoms with van der Waals surface area (Å²) >= 11 is 6.10. The highest BCUT2D eigenvalue weighted by Crippen LogP contribution is 2.26. The van der Waals surface area contributed by atoms with Crippen LogP contribution in [0, 0.1) is 0 Å². The molecule has 0 bridgehead atoms. The van der Waals surface area contributed by atoms with Crippen molar-refractivity contribution in [2.45, 2.75) is 13.0 Å². The monoisotopic (exact) mass is 376 g/mol. The molecule has 4 aromatic rings. The summed E-state index contributed by atoms with van der Waals surface area (Å²) < 4.78 is 1.65. The van der Waals surface area contributed by atoms with Crippen molar-refractivity contribution in [3.8, 4) is 11.1 Å². The van der Waals surface area contributed by atoms with Crippen molar-refractivity contribution in [1.29, 1.82) is 0 Å². The Hall–Kier alpha value is -3.18. The molecule has 0 spiro atoms. The van der Waals surface area contributed by atoms with E-state index >= 15 is 0 Å². The van der Waals surface area contributed by atoms with E-state index in [0.29, 0.717) is 16.4 Å². The summed E-state index contributed by atoms with van der Waals surface area (Å²) in [7, 11) is 0. The van der Waals surface area contributed by atoms with Crippen molar-refractivity contribution in [2.75, 3.05) is 0 Å². The summed E-state index contributed by atoms with van der Waals surface area (Å²) in [4.78, 5) is 17.2. The zero-order chi connectivity index (χ0) is 18.8. The molecular weight excluding hydrogens is 360 g/mol. The Morgan fingerprint density at radius 1 is 1.11 bits per heavy atom. The first-order chi connectivity index (χ1) is 13.1. The minimum atomic E-state index is -0.230.